The van der Waals surface area contributed by atoms with Gasteiger partial charge in [-0.05, 0) is 70.1 Å². The minimum Gasteiger partial charge on any atom is -0.351 e. The van der Waals surface area contributed by atoms with Gasteiger partial charge < -0.3 is 10.2 Å². The van der Waals surface area contributed by atoms with Gasteiger partial charge in [0.05, 0.1) is 10.3 Å². The van der Waals surface area contributed by atoms with Crippen molar-refractivity contribution < 1.29 is 4.79 Å². The third-order valence-electron chi connectivity index (χ3n) is 6.18. The van der Waals surface area contributed by atoms with Crippen molar-refractivity contribution in [3.8, 4) is 0 Å². The second-order valence-electron chi connectivity index (χ2n) is 8.31. The standard InChI is InChI=1S/C21H30N4O2S/c1-14-7-12-24(13-8-14)10-5-9-22-19(26)18-15(2)17-20(28-18)23-16-6-3-4-11-25(16)21(17)27/h14H,3-13H2,1-2H3,(H,22,26). The number of aryl methyl sites for hydroxylation is 2. The monoisotopic (exact) mass is 402 g/mol. The van der Waals surface area contributed by atoms with Crippen LogP contribution >= 0.6 is 11.3 Å². The maximum atomic E-state index is 12.9. The second-order valence-corrected chi connectivity index (χ2v) is 9.31. The molecule has 6 nitrogen and oxygen atoms in total. The SMILES string of the molecule is Cc1c(C(=O)NCCCN2CCC(C)CC2)sc2nc3n(c(=O)c12)CCCC3. The molecule has 0 radical (unpaired) electrons. The number of likely N-dealkylation sites (tertiary alicyclic amines) is 1. The van der Waals surface area contributed by atoms with Crippen molar-refractivity contribution in [1.29, 1.82) is 0 Å². The molecule has 0 aliphatic carbocycles. The van der Waals surface area contributed by atoms with Crippen molar-refractivity contribution in [3.05, 3.63) is 26.6 Å². The lowest BCUT2D eigenvalue weighted by atomic mass is 9.99. The number of thiophene rings is 1. The summed E-state index contributed by atoms with van der Waals surface area (Å²) in [7, 11) is 0. The molecule has 0 unspecified atom stereocenters. The van der Waals surface area contributed by atoms with E-state index in [0.29, 0.717) is 21.6 Å². The number of piperidine rings is 1. The second kappa shape index (κ2) is 8.33. The van der Waals surface area contributed by atoms with Gasteiger partial charge in [-0.1, -0.05) is 6.92 Å². The zero-order valence-electron chi connectivity index (χ0n) is 16.9. The highest BCUT2D eigenvalue weighted by Gasteiger charge is 2.22. The Balaban J connectivity index is 1.41. The Morgan fingerprint density at radius 1 is 1.25 bits per heavy atom. The summed E-state index contributed by atoms with van der Waals surface area (Å²) in [6.07, 6.45) is 6.45. The van der Waals surface area contributed by atoms with Crippen molar-refractivity contribution >= 4 is 27.5 Å². The number of fused-ring (bicyclic) bond motifs is 2. The van der Waals surface area contributed by atoms with E-state index in [4.69, 9.17) is 4.98 Å². The fourth-order valence-corrected chi connectivity index (χ4v) is 5.43. The molecular weight excluding hydrogens is 372 g/mol. The summed E-state index contributed by atoms with van der Waals surface area (Å²) in [5.41, 5.74) is 0.799. The molecule has 2 aliphatic rings. The molecule has 2 aliphatic heterocycles. The number of carbonyl (C=O) groups excluding carboxylic acids is 1. The highest BCUT2D eigenvalue weighted by Crippen LogP contribution is 2.28. The Labute approximate surface area is 169 Å². The summed E-state index contributed by atoms with van der Waals surface area (Å²) < 4.78 is 1.80. The van der Waals surface area contributed by atoms with Gasteiger partial charge in [0.25, 0.3) is 11.5 Å². The van der Waals surface area contributed by atoms with E-state index in [1.54, 1.807) is 4.57 Å². The first kappa shape index (κ1) is 19.6. The fraction of sp³-hybridized carbons (Fsp3) is 0.667. The summed E-state index contributed by atoms with van der Waals surface area (Å²) in [5.74, 6) is 1.64. The molecule has 0 spiro atoms. The number of aromatic nitrogens is 2. The van der Waals surface area contributed by atoms with Crippen LogP contribution in [0.15, 0.2) is 4.79 Å². The first-order chi connectivity index (χ1) is 13.5. The number of amides is 1. The van der Waals surface area contributed by atoms with Crippen LogP contribution in [0.2, 0.25) is 0 Å². The van der Waals surface area contributed by atoms with E-state index >= 15 is 0 Å². The van der Waals surface area contributed by atoms with Gasteiger partial charge in [-0.3, -0.25) is 14.2 Å². The van der Waals surface area contributed by atoms with Gasteiger partial charge in [0.1, 0.15) is 10.7 Å². The van der Waals surface area contributed by atoms with Crippen LogP contribution in [0.4, 0.5) is 0 Å². The quantitative estimate of drug-likeness (QED) is 0.781. The molecule has 0 atom stereocenters. The van der Waals surface area contributed by atoms with Crippen molar-refractivity contribution in [2.45, 2.75) is 58.9 Å². The molecule has 1 N–H and O–H groups in total. The Bertz CT molecular complexity index is 925. The maximum Gasteiger partial charge on any atom is 0.262 e. The average Bonchev–Trinajstić information content (AvgIpc) is 3.03. The predicted octanol–water partition coefficient (Wildman–Crippen LogP) is 2.95. The number of carbonyl (C=O) groups is 1. The summed E-state index contributed by atoms with van der Waals surface area (Å²) in [6.45, 7) is 8.98. The Morgan fingerprint density at radius 2 is 2.04 bits per heavy atom. The van der Waals surface area contributed by atoms with E-state index in [9.17, 15) is 9.59 Å². The fourth-order valence-electron chi connectivity index (χ4n) is 4.32. The lowest BCUT2D eigenvalue weighted by Crippen LogP contribution is -2.35. The Morgan fingerprint density at radius 3 is 2.82 bits per heavy atom. The van der Waals surface area contributed by atoms with E-state index in [0.717, 1.165) is 56.1 Å². The molecule has 152 valence electrons. The van der Waals surface area contributed by atoms with E-state index in [2.05, 4.69) is 17.1 Å². The van der Waals surface area contributed by atoms with Crippen LogP contribution in [0.5, 0.6) is 0 Å². The highest BCUT2D eigenvalue weighted by atomic mass is 32.1. The molecule has 1 fully saturated rings. The molecule has 2 aromatic rings. The van der Waals surface area contributed by atoms with Crippen LogP contribution < -0.4 is 10.9 Å². The van der Waals surface area contributed by atoms with Crippen molar-refractivity contribution in [2.24, 2.45) is 5.92 Å². The maximum absolute atomic E-state index is 12.9. The van der Waals surface area contributed by atoms with E-state index in [1.807, 2.05) is 6.92 Å². The summed E-state index contributed by atoms with van der Waals surface area (Å²) in [4.78, 5) is 34.1. The van der Waals surface area contributed by atoms with Gasteiger partial charge in [0, 0.05) is 19.5 Å². The van der Waals surface area contributed by atoms with Crippen molar-refractivity contribution in [2.75, 3.05) is 26.2 Å². The molecular formula is C21H30N4O2S. The zero-order chi connectivity index (χ0) is 19.7. The molecule has 4 rings (SSSR count). The van der Waals surface area contributed by atoms with Crippen LogP contribution in [0.3, 0.4) is 0 Å². The van der Waals surface area contributed by atoms with E-state index < -0.39 is 0 Å². The van der Waals surface area contributed by atoms with Crippen LogP contribution in [0.25, 0.3) is 10.2 Å². The van der Waals surface area contributed by atoms with Crippen molar-refractivity contribution in [1.82, 2.24) is 19.8 Å². The minimum absolute atomic E-state index is 0.0202. The van der Waals surface area contributed by atoms with Gasteiger partial charge in [-0.15, -0.1) is 11.3 Å². The number of hydrogen-bond donors (Lipinski definition) is 1. The molecule has 0 bridgehead atoms. The molecule has 0 aromatic carbocycles. The van der Waals surface area contributed by atoms with Gasteiger partial charge in [0.2, 0.25) is 0 Å². The lowest BCUT2D eigenvalue weighted by molar-refractivity contribution is 0.0954. The average molecular weight is 403 g/mol. The van der Waals surface area contributed by atoms with Crippen molar-refractivity contribution in [3.63, 3.8) is 0 Å². The van der Waals surface area contributed by atoms with Gasteiger partial charge in [-0.2, -0.15) is 0 Å². The molecule has 1 amide bonds. The van der Waals surface area contributed by atoms with Crippen LogP contribution in [0, 0.1) is 12.8 Å². The van der Waals surface area contributed by atoms with Gasteiger partial charge >= 0.3 is 0 Å². The van der Waals surface area contributed by atoms with Crippen LogP contribution in [0.1, 0.15) is 60.1 Å². The summed E-state index contributed by atoms with van der Waals surface area (Å²) in [5, 5.41) is 3.67. The third-order valence-corrected chi connectivity index (χ3v) is 7.37. The van der Waals surface area contributed by atoms with E-state index in [-0.39, 0.29) is 11.5 Å². The first-order valence-electron chi connectivity index (χ1n) is 10.6. The Hall–Kier alpha value is -1.73. The van der Waals surface area contributed by atoms with Crippen LogP contribution in [-0.2, 0) is 13.0 Å². The largest absolute Gasteiger partial charge is 0.351 e. The zero-order valence-corrected chi connectivity index (χ0v) is 17.7. The first-order valence-corrected chi connectivity index (χ1v) is 11.4. The molecule has 0 saturated carbocycles. The van der Waals surface area contributed by atoms with E-state index in [1.165, 1.54) is 37.3 Å². The molecule has 28 heavy (non-hydrogen) atoms. The van der Waals surface area contributed by atoms with Gasteiger partial charge in [0.15, 0.2) is 0 Å². The summed E-state index contributed by atoms with van der Waals surface area (Å²) in [6, 6.07) is 0. The summed E-state index contributed by atoms with van der Waals surface area (Å²) >= 11 is 1.36. The molecule has 2 aromatic heterocycles. The normalized spacial score (nSPS) is 18.4. The third kappa shape index (κ3) is 3.87. The number of rotatable bonds is 5. The van der Waals surface area contributed by atoms with Gasteiger partial charge in [-0.25, -0.2) is 4.98 Å². The number of nitrogens with zero attached hydrogens (tertiary/aromatic N) is 3. The lowest BCUT2D eigenvalue weighted by Gasteiger charge is -2.30. The molecule has 1 saturated heterocycles. The minimum atomic E-state index is -0.0739. The highest BCUT2D eigenvalue weighted by molar-refractivity contribution is 7.20. The number of nitrogens with one attached hydrogen (secondary N) is 1. The molecule has 4 heterocycles. The number of hydrogen-bond acceptors (Lipinski definition) is 5. The van der Waals surface area contributed by atoms with Crippen LogP contribution in [-0.4, -0.2) is 46.5 Å². The smallest absolute Gasteiger partial charge is 0.262 e. The topological polar surface area (TPSA) is 67.2 Å². The predicted molar refractivity (Wildman–Crippen MR) is 113 cm³/mol. The Kier molecular flexibility index (Phi) is 5.83. The molecule has 7 heteroatoms.